The number of aromatic nitrogens is 3. The number of thiophene rings is 4. The number of benzene rings is 4. The molecule has 0 saturated carbocycles. The van der Waals surface area contributed by atoms with Gasteiger partial charge in [0, 0.05) is 5.56 Å². The van der Waals surface area contributed by atoms with E-state index in [0.29, 0.717) is 17.5 Å². The Bertz CT molecular complexity index is 2900. The van der Waals surface area contributed by atoms with E-state index in [1.807, 2.05) is 12.1 Å². The van der Waals surface area contributed by atoms with Crippen LogP contribution in [0, 0.1) is 0 Å². The molecule has 0 amide bonds. The average molecular weight is 805 g/mol. The molecule has 0 saturated heterocycles. The molecule has 2 aliphatic carbocycles. The van der Waals surface area contributed by atoms with Crippen molar-refractivity contribution in [2.45, 2.75) is 11.6 Å². The highest BCUT2D eigenvalue weighted by atomic mass is 32.1. The Morgan fingerprint density at radius 3 is 1.44 bits per heavy atom. The van der Waals surface area contributed by atoms with E-state index in [0.717, 1.165) is 42.3 Å². The number of nitrogens with one attached hydrogen (secondary N) is 1. The summed E-state index contributed by atoms with van der Waals surface area (Å²) in [6.07, 6.45) is -0.425. The molecule has 9 aromatic rings. The molecule has 0 radical (unpaired) electrons. The fourth-order valence-corrected chi connectivity index (χ4v) is 11.3. The predicted octanol–water partition coefficient (Wildman–Crippen LogP) is 12.0. The molecular weight excluding hydrogens is 777 g/mol. The van der Waals surface area contributed by atoms with E-state index in [4.69, 9.17) is 24.9 Å². The zero-order chi connectivity index (χ0) is 37.5. The van der Waals surface area contributed by atoms with Gasteiger partial charge in [0.1, 0.15) is 11.7 Å². The third-order valence-corrected chi connectivity index (χ3v) is 14.5. The van der Waals surface area contributed by atoms with Gasteiger partial charge in [0.2, 0.25) is 0 Å². The van der Waals surface area contributed by atoms with Crippen molar-refractivity contribution in [3.63, 3.8) is 0 Å². The normalized spacial score (nSPS) is 14.7. The summed E-state index contributed by atoms with van der Waals surface area (Å²) < 4.78 is 0. The second-order valence-corrected chi connectivity index (χ2v) is 17.9. The van der Waals surface area contributed by atoms with Gasteiger partial charge in [-0.25, -0.2) is 24.9 Å². The first kappa shape index (κ1) is 33.0. The molecule has 0 bridgehead atoms. The van der Waals surface area contributed by atoms with Crippen LogP contribution in [-0.4, -0.2) is 26.6 Å². The molecule has 12 rings (SSSR count). The topological polar surface area (TPSA) is 75.4 Å². The quantitative estimate of drug-likeness (QED) is 0.182. The van der Waals surface area contributed by atoms with Crippen molar-refractivity contribution in [2.24, 2.45) is 9.98 Å². The molecule has 270 valence electrons. The van der Waals surface area contributed by atoms with E-state index >= 15 is 0 Å². The first-order valence-electron chi connectivity index (χ1n) is 18.6. The van der Waals surface area contributed by atoms with Crippen molar-refractivity contribution in [3.8, 4) is 55.0 Å². The van der Waals surface area contributed by atoms with Gasteiger partial charge in [0.05, 0.1) is 24.9 Å². The van der Waals surface area contributed by atoms with Gasteiger partial charge in [-0.3, -0.25) is 0 Å². The van der Waals surface area contributed by atoms with Crippen molar-refractivity contribution < 1.29 is 0 Å². The Morgan fingerprint density at radius 2 is 0.895 bits per heavy atom. The van der Waals surface area contributed by atoms with Crippen LogP contribution in [0.1, 0.15) is 43.7 Å². The van der Waals surface area contributed by atoms with Crippen molar-refractivity contribution in [1.29, 1.82) is 0 Å². The molecule has 6 nitrogen and oxygen atoms in total. The summed E-state index contributed by atoms with van der Waals surface area (Å²) in [4.78, 5) is 29.9. The molecule has 6 heterocycles. The van der Waals surface area contributed by atoms with Crippen LogP contribution in [0.4, 0.5) is 0 Å². The van der Waals surface area contributed by atoms with Crippen LogP contribution in [0.5, 0.6) is 0 Å². The van der Waals surface area contributed by atoms with E-state index in [-0.39, 0.29) is 0 Å². The zero-order valence-electron chi connectivity index (χ0n) is 30.0. The summed E-state index contributed by atoms with van der Waals surface area (Å²) in [5.74, 6) is 3.71. The number of aliphatic imine (C=N–C) groups is 2. The lowest BCUT2D eigenvalue weighted by atomic mass is 9.70. The Hall–Kier alpha value is -6.17. The number of amidine groups is 2. The minimum absolute atomic E-state index is 0.425. The molecule has 3 aliphatic rings. The van der Waals surface area contributed by atoms with Crippen LogP contribution in [0.15, 0.2) is 165 Å². The van der Waals surface area contributed by atoms with E-state index < -0.39 is 11.6 Å². The molecule has 10 heteroatoms. The minimum Gasteiger partial charge on any atom is -0.323 e. The number of fused-ring (bicyclic) bond motifs is 10. The summed E-state index contributed by atoms with van der Waals surface area (Å²) >= 11 is 6.63. The SMILES string of the molecule is c1csc(C2=NC(c3ccc4c(c3)C3(c5ccccc5-c5ccccc53)c3cc(-c5nc(-c6cccs6)nc(-c6cccs6)n5)ccc3-4)N=C(c3cccs3)N2)c1. The highest BCUT2D eigenvalue weighted by Crippen LogP contribution is 2.63. The fraction of sp³-hybridized carbons (Fsp3) is 0.0426. The molecular formula is C47H28N6S4. The number of hydrogen-bond donors (Lipinski definition) is 1. The second-order valence-electron chi connectivity index (χ2n) is 14.1. The van der Waals surface area contributed by atoms with E-state index in [1.165, 1.54) is 44.5 Å². The maximum Gasteiger partial charge on any atom is 0.174 e. The summed E-state index contributed by atoms with van der Waals surface area (Å²) in [7, 11) is 0. The summed E-state index contributed by atoms with van der Waals surface area (Å²) in [6, 6.07) is 48.1. The summed E-state index contributed by atoms with van der Waals surface area (Å²) in [5.41, 5.74) is 11.3. The monoisotopic (exact) mass is 804 g/mol. The van der Waals surface area contributed by atoms with E-state index in [2.05, 4.69) is 148 Å². The average Bonchev–Trinajstić information content (AvgIpc) is 4.13. The molecule has 1 N–H and O–H groups in total. The third kappa shape index (κ3) is 5.08. The Labute approximate surface area is 344 Å². The van der Waals surface area contributed by atoms with Gasteiger partial charge in [-0.15, -0.1) is 45.3 Å². The lowest BCUT2D eigenvalue weighted by Gasteiger charge is -2.31. The maximum atomic E-state index is 5.26. The highest BCUT2D eigenvalue weighted by molar-refractivity contribution is 7.14. The van der Waals surface area contributed by atoms with Crippen LogP contribution in [-0.2, 0) is 5.41 Å². The minimum atomic E-state index is -0.586. The number of rotatable bonds is 6. The van der Waals surface area contributed by atoms with Gasteiger partial charge in [-0.05, 0) is 108 Å². The second kappa shape index (κ2) is 12.9. The molecule has 0 fully saturated rings. The first-order chi connectivity index (χ1) is 28.2. The molecule has 57 heavy (non-hydrogen) atoms. The third-order valence-electron chi connectivity index (χ3n) is 11.0. The van der Waals surface area contributed by atoms with Gasteiger partial charge >= 0.3 is 0 Å². The maximum absolute atomic E-state index is 5.26. The van der Waals surface area contributed by atoms with Gasteiger partial charge in [0.15, 0.2) is 23.6 Å². The summed E-state index contributed by atoms with van der Waals surface area (Å²) in [6.45, 7) is 0. The van der Waals surface area contributed by atoms with Crippen LogP contribution < -0.4 is 5.32 Å². The van der Waals surface area contributed by atoms with Crippen molar-refractivity contribution >= 4 is 57.0 Å². The van der Waals surface area contributed by atoms with Gasteiger partial charge < -0.3 is 5.32 Å². The van der Waals surface area contributed by atoms with Crippen LogP contribution >= 0.6 is 45.3 Å². The lowest BCUT2D eigenvalue weighted by molar-refractivity contribution is 0.745. The standard InChI is InChI=1S/C47H28N6S4/c1-3-11-33-29(9-1)30-10-2-4-12-34(30)47(33)35-25-27(41-48-43(37-13-5-21-54-37)52-44(49-41)38-14-6-22-55-38)17-19-31(35)32-20-18-28(26-36(32)47)42-50-45(39-15-7-23-56-39)53-46(51-42)40-16-8-24-57-40/h1-26,41H,(H,48,49,52). The number of nitrogens with zero attached hydrogens (tertiary/aromatic N) is 5. The fourth-order valence-electron chi connectivity index (χ4n) is 8.67. The van der Waals surface area contributed by atoms with Crippen LogP contribution in [0.25, 0.3) is 55.0 Å². The van der Waals surface area contributed by atoms with Crippen molar-refractivity contribution in [2.75, 3.05) is 0 Å². The molecule has 0 atom stereocenters. The van der Waals surface area contributed by atoms with Gasteiger partial charge in [-0.1, -0.05) is 97.1 Å². The Kier molecular flexibility index (Phi) is 7.49. The van der Waals surface area contributed by atoms with Crippen molar-refractivity contribution in [3.05, 3.63) is 193 Å². The smallest absolute Gasteiger partial charge is 0.174 e. The Morgan fingerprint density at radius 1 is 0.421 bits per heavy atom. The summed E-state index contributed by atoms with van der Waals surface area (Å²) in [5, 5.41) is 11.9. The predicted molar refractivity (Wildman–Crippen MR) is 236 cm³/mol. The molecule has 5 aromatic heterocycles. The largest absolute Gasteiger partial charge is 0.323 e. The van der Waals surface area contributed by atoms with Gasteiger partial charge in [-0.2, -0.15) is 0 Å². The van der Waals surface area contributed by atoms with Crippen LogP contribution in [0.2, 0.25) is 0 Å². The first-order valence-corrected chi connectivity index (χ1v) is 22.1. The molecule has 0 unspecified atom stereocenters. The highest BCUT2D eigenvalue weighted by Gasteiger charge is 2.52. The van der Waals surface area contributed by atoms with Crippen molar-refractivity contribution in [1.82, 2.24) is 20.3 Å². The van der Waals surface area contributed by atoms with E-state index in [9.17, 15) is 0 Å². The Balaban J connectivity index is 1.09. The molecule has 1 spiro atoms. The zero-order valence-corrected chi connectivity index (χ0v) is 33.2. The lowest BCUT2D eigenvalue weighted by Crippen LogP contribution is -2.35. The molecule has 1 aliphatic heterocycles. The number of hydrogen-bond acceptors (Lipinski definition) is 10. The van der Waals surface area contributed by atoms with E-state index in [1.54, 1.807) is 45.3 Å². The van der Waals surface area contributed by atoms with Crippen LogP contribution in [0.3, 0.4) is 0 Å². The molecule has 4 aromatic carbocycles. The van der Waals surface area contributed by atoms with Gasteiger partial charge in [0.25, 0.3) is 0 Å².